The van der Waals surface area contributed by atoms with Crippen molar-refractivity contribution in [1.82, 2.24) is 9.88 Å². The number of H-pyrrole nitrogens is 1. The zero-order valence-electron chi connectivity index (χ0n) is 17.5. The molecule has 0 atom stereocenters. The van der Waals surface area contributed by atoms with E-state index in [-0.39, 0.29) is 11.7 Å². The van der Waals surface area contributed by atoms with E-state index in [1.807, 2.05) is 54.3 Å². The second-order valence-electron chi connectivity index (χ2n) is 7.99. The number of hydrogen-bond acceptors (Lipinski definition) is 3. The molecule has 1 aliphatic rings. The average Bonchev–Trinajstić information content (AvgIpc) is 2.81. The van der Waals surface area contributed by atoms with E-state index in [1.165, 1.54) is 12.1 Å². The highest BCUT2D eigenvalue weighted by atomic mass is 32.1. The molecule has 1 aromatic heterocycles. The summed E-state index contributed by atoms with van der Waals surface area (Å²) in [5.41, 5.74) is 4.55. The molecule has 1 fully saturated rings. The average molecular weight is 436 g/mol. The number of nitrogens with one attached hydrogen (secondary N) is 2. The van der Waals surface area contributed by atoms with Gasteiger partial charge in [-0.25, -0.2) is 4.39 Å². The van der Waals surface area contributed by atoms with Crippen LogP contribution in [-0.2, 0) is 6.54 Å². The molecule has 0 unspecified atom stereocenters. The summed E-state index contributed by atoms with van der Waals surface area (Å²) in [5, 5.41) is 3.43. The van der Waals surface area contributed by atoms with E-state index >= 15 is 0 Å². The molecule has 1 saturated heterocycles. The fourth-order valence-corrected chi connectivity index (χ4v) is 4.30. The van der Waals surface area contributed by atoms with Crippen LogP contribution >= 0.6 is 12.2 Å². The van der Waals surface area contributed by atoms with Crippen molar-refractivity contribution in [2.24, 2.45) is 0 Å². The van der Waals surface area contributed by atoms with E-state index in [9.17, 15) is 9.18 Å². The van der Waals surface area contributed by atoms with Crippen LogP contribution < -0.4 is 5.32 Å². The Hall–Kier alpha value is -2.99. The molecule has 0 spiro atoms. The molecule has 0 radical (unpaired) electrons. The van der Waals surface area contributed by atoms with Gasteiger partial charge in [0.1, 0.15) is 10.5 Å². The molecule has 2 aromatic carbocycles. The van der Waals surface area contributed by atoms with Gasteiger partial charge in [0.25, 0.3) is 5.91 Å². The van der Waals surface area contributed by atoms with E-state index in [2.05, 4.69) is 10.3 Å². The van der Waals surface area contributed by atoms with Gasteiger partial charge in [0, 0.05) is 31.4 Å². The lowest BCUT2D eigenvalue weighted by atomic mass is 9.89. The van der Waals surface area contributed by atoms with Crippen molar-refractivity contribution in [2.45, 2.75) is 32.2 Å². The zero-order valence-corrected chi connectivity index (χ0v) is 18.3. The summed E-state index contributed by atoms with van der Waals surface area (Å²) in [5.74, 6) is 0.134. The van der Waals surface area contributed by atoms with Crippen LogP contribution in [0.3, 0.4) is 0 Å². The largest absolute Gasteiger partial charge is 0.380 e. The molecule has 6 heteroatoms. The van der Waals surface area contributed by atoms with E-state index in [0.29, 0.717) is 35.8 Å². The number of piperidine rings is 1. The van der Waals surface area contributed by atoms with E-state index in [1.54, 1.807) is 6.20 Å². The summed E-state index contributed by atoms with van der Waals surface area (Å²) in [4.78, 5) is 18.3. The highest BCUT2D eigenvalue weighted by Gasteiger charge is 2.26. The summed E-state index contributed by atoms with van der Waals surface area (Å²) in [6, 6.07) is 16.8. The molecule has 3 aromatic rings. The monoisotopic (exact) mass is 435 g/mol. The van der Waals surface area contributed by atoms with Crippen molar-refractivity contribution in [3.8, 4) is 0 Å². The molecule has 2 heterocycles. The summed E-state index contributed by atoms with van der Waals surface area (Å²) in [6.07, 6.45) is 3.45. The Labute approximate surface area is 187 Å². The summed E-state index contributed by atoms with van der Waals surface area (Å²) < 4.78 is 13.8. The predicted octanol–water partition coefficient (Wildman–Crippen LogP) is 5.82. The van der Waals surface area contributed by atoms with Crippen LogP contribution in [0.4, 0.5) is 10.1 Å². The van der Waals surface area contributed by atoms with E-state index in [0.717, 1.165) is 35.2 Å². The molecule has 4 rings (SSSR count). The number of likely N-dealkylation sites (tertiary alicyclic amines) is 1. The minimum Gasteiger partial charge on any atom is -0.380 e. The van der Waals surface area contributed by atoms with Crippen LogP contribution in [0.5, 0.6) is 0 Å². The van der Waals surface area contributed by atoms with Crippen LogP contribution in [-0.4, -0.2) is 28.9 Å². The van der Waals surface area contributed by atoms with Crippen molar-refractivity contribution >= 4 is 23.8 Å². The second-order valence-corrected chi connectivity index (χ2v) is 8.40. The first kappa shape index (κ1) is 21.2. The molecule has 2 N–H and O–H groups in total. The van der Waals surface area contributed by atoms with Crippen LogP contribution in [0, 0.1) is 17.4 Å². The maximum absolute atomic E-state index is 13.4. The van der Waals surface area contributed by atoms with E-state index in [4.69, 9.17) is 12.2 Å². The lowest BCUT2D eigenvalue weighted by molar-refractivity contribution is 0.0713. The molecule has 160 valence electrons. The van der Waals surface area contributed by atoms with Crippen LogP contribution in [0.1, 0.15) is 45.8 Å². The minimum absolute atomic E-state index is 0.00229. The first-order valence-corrected chi connectivity index (χ1v) is 11.0. The quantitative estimate of drug-likeness (QED) is 0.496. The Morgan fingerprint density at radius 1 is 1.13 bits per heavy atom. The summed E-state index contributed by atoms with van der Waals surface area (Å²) >= 11 is 5.41. The van der Waals surface area contributed by atoms with Gasteiger partial charge in [-0.3, -0.25) is 4.79 Å². The fourth-order valence-electron chi connectivity index (χ4n) is 4.14. The molecule has 1 amide bonds. The number of carbonyl (C=O) groups is 1. The third kappa shape index (κ3) is 4.85. The van der Waals surface area contributed by atoms with Crippen LogP contribution in [0.25, 0.3) is 0 Å². The van der Waals surface area contributed by atoms with Crippen molar-refractivity contribution in [3.05, 3.63) is 93.5 Å². The molecule has 0 saturated carbocycles. The van der Waals surface area contributed by atoms with Gasteiger partial charge >= 0.3 is 0 Å². The first-order chi connectivity index (χ1) is 15.0. The highest BCUT2D eigenvalue weighted by Crippen LogP contribution is 2.30. The van der Waals surface area contributed by atoms with Crippen LogP contribution in [0.2, 0.25) is 0 Å². The van der Waals surface area contributed by atoms with Crippen LogP contribution in [0.15, 0.2) is 60.8 Å². The van der Waals surface area contributed by atoms with Gasteiger partial charge in [-0.15, -0.1) is 0 Å². The molecule has 4 nitrogen and oxygen atoms in total. The van der Waals surface area contributed by atoms with Crippen molar-refractivity contribution in [1.29, 1.82) is 0 Å². The second kappa shape index (κ2) is 9.43. The summed E-state index contributed by atoms with van der Waals surface area (Å²) in [6.45, 7) is 3.90. The normalized spacial score (nSPS) is 14.5. The Kier molecular flexibility index (Phi) is 6.47. The highest BCUT2D eigenvalue weighted by molar-refractivity contribution is 7.71. The number of rotatable bonds is 5. The van der Waals surface area contributed by atoms with Gasteiger partial charge in [0.15, 0.2) is 0 Å². The van der Waals surface area contributed by atoms with Gasteiger partial charge in [0.2, 0.25) is 0 Å². The van der Waals surface area contributed by atoms with Crippen molar-refractivity contribution in [3.63, 3.8) is 0 Å². The number of anilines is 1. The maximum atomic E-state index is 13.4. The zero-order chi connectivity index (χ0) is 21.8. The lowest BCUT2D eigenvalue weighted by Crippen LogP contribution is -2.38. The molecular weight excluding hydrogens is 409 g/mol. The minimum atomic E-state index is -0.219. The van der Waals surface area contributed by atoms with Crippen molar-refractivity contribution in [2.75, 3.05) is 18.4 Å². The Bertz CT molecular complexity index is 1100. The maximum Gasteiger partial charge on any atom is 0.257 e. The van der Waals surface area contributed by atoms with Gasteiger partial charge in [0.05, 0.1) is 11.3 Å². The number of amides is 1. The molecule has 0 aliphatic carbocycles. The number of aromatic nitrogens is 1. The molecular formula is C25H26FN3OS. The Morgan fingerprint density at radius 3 is 2.48 bits per heavy atom. The molecule has 1 aliphatic heterocycles. The number of nitrogens with zero attached hydrogens (tertiary/aromatic N) is 1. The number of pyridine rings is 1. The SMILES string of the molecule is Cc1c(NCc2ccccc2)c(C(=O)N2CCC(c3ccc(F)cc3)CC2)c[nH]c1=S. The lowest BCUT2D eigenvalue weighted by Gasteiger charge is -2.33. The number of carbonyl (C=O) groups excluding carboxylic acids is 1. The standard InChI is InChI=1S/C25H26FN3OS/c1-17-23(27-15-18-5-3-2-4-6-18)22(16-28-24(17)31)25(30)29-13-11-20(12-14-29)19-7-9-21(26)10-8-19/h2-10,16,20H,11-15H2,1H3,(H2,27,28,31). The first-order valence-electron chi connectivity index (χ1n) is 10.6. The number of aromatic amines is 1. The van der Waals surface area contributed by atoms with E-state index < -0.39 is 0 Å². The fraction of sp³-hybridized carbons (Fsp3) is 0.280. The van der Waals surface area contributed by atoms with Gasteiger partial charge in [-0.2, -0.15) is 0 Å². The predicted molar refractivity (Wildman–Crippen MR) is 124 cm³/mol. The molecule has 31 heavy (non-hydrogen) atoms. The third-order valence-corrected chi connectivity index (χ3v) is 6.42. The van der Waals surface area contributed by atoms with Gasteiger partial charge in [-0.05, 0) is 48.9 Å². The Balaban J connectivity index is 1.48. The van der Waals surface area contributed by atoms with Gasteiger partial charge in [-0.1, -0.05) is 54.7 Å². The topological polar surface area (TPSA) is 48.1 Å². The van der Waals surface area contributed by atoms with Crippen molar-refractivity contribution < 1.29 is 9.18 Å². The number of hydrogen-bond donors (Lipinski definition) is 2. The smallest absolute Gasteiger partial charge is 0.257 e. The van der Waals surface area contributed by atoms with Gasteiger partial charge < -0.3 is 15.2 Å². The Morgan fingerprint density at radius 2 is 1.81 bits per heavy atom. The number of benzene rings is 2. The summed E-state index contributed by atoms with van der Waals surface area (Å²) in [7, 11) is 0. The number of halogens is 1. The third-order valence-electron chi connectivity index (χ3n) is 6.00. The molecule has 0 bridgehead atoms.